The topological polar surface area (TPSA) is 40.9 Å². The van der Waals surface area contributed by atoms with Crippen LogP contribution in [0, 0.1) is 26.7 Å². The molecule has 1 aromatic carbocycles. The molecule has 0 aliphatic carbocycles. The van der Waals surface area contributed by atoms with Crippen molar-refractivity contribution in [2.45, 2.75) is 20.3 Å². The summed E-state index contributed by atoms with van der Waals surface area (Å²) in [6.45, 7) is 4.03. The van der Waals surface area contributed by atoms with Crippen molar-refractivity contribution in [2.24, 2.45) is 11.8 Å². The third-order valence-electron chi connectivity index (χ3n) is 2.37. The van der Waals surface area contributed by atoms with Crippen LogP contribution in [0.1, 0.15) is 30.6 Å². The highest BCUT2D eigenvalue weighted by Crippen LogP contribution is 2.24. The van der Waals surface area contributed by atoms with E-state index in [0.717, 1.165) is 8.04 Å². The highest BCUT2D eigenvalue weighted by Gasteiger charge is 2.22. The van der Waals surface area contributed by atoms with E-state index in [1.807, 2.05) is 32.0 Å². The lowest BCUT2D eigenvalue weighted by atomic mass is 9.91. The predicted molar refractivity (Wildman–Crippen MR) is 79.7 cm³/mol. The number of carbonyl (C=O) groups excluding carboxylic acids is 1. The monoisotopic (exact) mass is 405 g/mol. The van der Waals surface area contributed by atoms with Crippen LogP contribution >= 0.6 is 38.5 Å². The summed E-state index contributed by atoms with van der Waals surface area (Å²) in [6, 6.07) is 7.69. The molecular weight excluding hydrogens is 393 g/mol. The van der Waals surface area contributed by atoms with E-state index >= 15 is 0 Å². The first-order chi connectivity index (χ1) is 7.95. The Hall–Kier alpha value is -0.410. The van der Waals surface area contributed by atoms with Crippen LogP contribution in [0.5, 0.6) is 0 Å². The van der Waals surface area contributed by atoms with Crippen molar-refractivity contribution in [3.05, 3.63) is 31.8 Å². The van der Waals surface area contributed by atoms with Gasteiger partial charge in [0.1, 0.15) is 5.92 Å². The summed E-state index contributed by atoms with van der Waals surface area (Å²) in [5.41, 5.74) is 0.601. The summed E-state index contributed by atoms with van der Waals surface area (Å²) in [4.78, 5) is 12.2. The Morgan fingerprint density at radius 3 is 2.71 bits per heavy atom. The second-order valence-corrected chi connectivity index (χ2v) is 6.40. The molecule has 0 bridgehead atoms. The molecular formula is C13H13BrINO. The number of halogens is 2. The molecule has 0 saturated heterocycles. The lowest BCUT2D eigenvalue weighted by Crippen LogP contribution is -2.16. The molecule has 0 aliphatic heterocycles. The minimum atomic E-state index is -0.551. The van der Waals surface area contributed by atoms with E-state index in [4.69, 9.17) is 5.26 Å². The van der Waals surface area contributed by atoms with Gasteiger partial charge in [0, 0.05) is 13.6 Å². The fourth-order valence-electron chi connectivity index (χ4n) is 1.56. The van der Waals surface area contributed by atoms with Gasteiger partial charge in [0.15, 0.2) is 5.78 Å². The van der Waals surface area contributed by atoms with Crippen LogP contribution in [0.4, 0.5) is 0 Å². The smallest absolute Gasteiger partial charge is 0.181 e. The number of Topliss-reactive ketones (excluding diaryl/α,β-unsaturated/α-hetero) is 1. The lowest BCUT2D eigenvalue weighted by Gasteiger charge is -2.12. The van der Waals surface area contributed by atoms with Crippen molar-refractivity contribution < 1.29 is 4.79 Å². The zero-order valence-corrected chi connectivity index (χ0v) is 13.4. The fraction of sp³-hybridized carbons (Fsp3) is 0.385. The van der Waals surface area contributed by atoms with Gasteiger partial charge in [0.05, 0.1) is 6.07 Å². The van der Waals surface area contributed by atoms with E-state index in [1.54, 1.807) is 0 Å². The Bertz CT molecular complexity index is 465. The molecule has 1 atom stereocenters. The second kappa shape index (κ2) is 6.50. The average molecular weight is 406 g/mol. The molecule has 0 N–H and O–H groups in total. The molecule has 0 aliphatic rings. The number of carbonyl (C=O) groups is 1. The summed E-state index contributed by atoms with van der Waals surface area (Å²) in [5, 5.41) is 9.08. The van der Waals surface area contributed by atoms with Crippen molar-refractivity contribution in [1.82, 2.24) is 0 Å². The zero-order chi connectivity index (χ0) is 13.0. The van der Waals surface area contributed by atoms with Gasteiger partial charge in [-0.2, -0.15) is 5.26 Å². The standard InChI is InChI=1S/C13H13BrINO/c1-8(2)5-9(7-16)13(17)11-6-10(15)3-4-12(11)14/h3-4,6,8-9H,5H2,1-2H3. The minimum absolute atomic E-state index is 0.0911. The Labute approximate surface area is 124 Å². The molecule has 0 spiro atoms. The van der Waals surface area contributed by atoms with Gasteiger partial charge in [0.25, 0.3) is 0 Å². The van der Waals surface area contributed by atoms with Crippen LogP contribution in [-0.4, -0.2) is 5.78 Å². The van der Waals surface area contributed by atoms with E-state index < -0.39 is 5.92 Å². The summed E-state index contributed by atoms with van der Waals surface area (Å²) in [6.07, 6.45) is 0.604. The predicted octanol–water partition coefficient (Wildman–Crippen LogP) is 4.42. The summed E-state index contributed by atoms with van der Waals surface area (Å²) in [5.74, 6) is -0.304. The lowest BCUT2D eigenvalue weighted by molar-refractivity contribution is 0.0936. The molecule has 4 heteroatoms. The molecule has 1 aromatic rings. The van der Waals surface area contributed by atoms with E-state index in [1.165, 1.54) is 0 Å². The van der Waals surface area contributed by atoms with Crippen molar-refractivity contribution in [3.8, 4) is 6.07 Å². The van der Waals surface area contributed by atoms with E-state index in [2.05, 4.69) is 44.6 Å². The minimum Gasteiger partial charge on any atom is -0.293 e. The van der Waals surface area contributed by atoms with Crippen molar-refractivity contribution in [1.29, 1.82) is 5.26 Å². The summed E-state index contributed by atoms with van der Waals surface area (Å²) < 4.78 is 1.75. The Morgan fingerprint density at radius 2 is 2.18 bits per heavy atom. The summed E-state index contributed by atoms with van der Waals surface area (Å²) in [7, 11) is 0. The Morgan fingerprint density at radius 1 is 1.53 bits per heavy atom. The van der Waals surface area contributed by atoms with Gasteiger partial charge in [-0.25, -0.2) is 0 Å². The molecule has 2 nitrogen and oxygen atoms in total. The second-order valence-electron chi connectivity index (χ2n) is 4.30. The third-order valence-corrected chi connectivity index (χ3v) is 3.74. The van der Waals surface area contributed by atoms with Crippen LogP contribution in [0.3, 0.4) is 0 Å². The molecule has 0 radical (unpaired) electrons. The van der Waals surface area contributed by atoms with Crippen molar-refractivity contribution in [2.75, 3.05) is 0 Å². The first-order valence-corrected chi connectivity index (χ1v) is 7.21. The first-order valence-electron chi connectivity index (χ1n) is 5.34. The largest absolute Gasteiger partial charge is 0.293 e. The molecule has 0 aromatic heterocycles. The van der Waals surface area contributed by atoms with Crippen LogP contribution in [0.25, 0.3) is 0 Å². The first kappa shape index (κ1) is 14.7. The maximum absolute atomic E-state index is 12.2. The maximum Gasteiger partial charge on any atom is 0.181 e. The molecule has 1 unspecified atom stereocenters. The quantitative estimate of drug-likeness (QED) is 0.549. The molecule has 0 saturated carbocycles. The fourth-order valence-corrected chi connectivity index (χ4v) is 2.50. The number of nitrogens with zero attached hydrogens (tertiary/aromatic N) is 1. The number of ketones is 1. The van der Waals surface area contributed by atoms with E-state index in [9.17, 15) is 4.79 Å². The van der Waals surface area contributed by atoms with Gasteiger partial charge in [-0.1, -0.05) is 29.8 Å². The zero-order valence-electron chi connectivity index (χ0n) is 9.71. The number of benzene rings is 1. The average Bonchev–Trinajstić information content (AvgIpc) is 2.28. The van der Waals surface area contributed by atoms with E-state index in [-0.39, 0.29) is 5.78 Å². The van der Waals surface area contributed by atoms with Crippen LogP contribution < -0.4 is 0 Å². The van der Waals surface area contributed by atoms with Gasteiger partial charge in [-0.05, 0) is 53.1 Å². The van der Waals surface area contributed by atoms with Crippen molar-refractivity contribution >= 4 is 44.3 Å². The van der Waals surface area contributed by atoms with Gasteiger partial charge < -0.3 is 0 Å². The Balaban J connectivity index is 3.02. The number of nitriles is 1. The SMILES string of the molecule is CC(C)CC(C#N)C(=O)c1cc(I)ccc1Br. The summed E-state index contributed by atoms with van der Waals surface area (Å²) >= 11 is 5.52. The van der Waals surface area contributed by atoms with Gasteiger partial charge in [-0.15, -0.1) is 0 Å². The number of rotatable bonds is 4. The third kappa shape index (κ3) is 4.07. The van der Waals surface area contributed by atoms with Crippen LogP contribution in [-0.2, 0) is 0 Å². The molecule has 0 heterocycles. The van der Waals surface area contributed by atoms with Crippen molar-refractivity contribution in [3.63, 3.8) is 0 Å². The molecule has 0 amide bonds. The molecule has 1 rings (SSSR count). The Kier molecular flexibility index (Phi) is 5.60. The molecule has 17 heavy (non-hydrogen) atoms. The van der Waals surface area contributed by atoms with Gasteiger partial charge in [0.2, 0.25) is 0 Å². The highest BCUT2D eigenvalue weighted by atomic mass is 127. The van der Waals surface area contributed by atoms with Gasteiger partial charge >= 0.3 is 0 Å². The normalized spacial score (nSPS) is 12.2. The van der Waals surface area contributed by atoms with E-state index in [0.29, 0.717) is 17.9 Å². The maximum atomic E-state index is 12.2. The molecule has 90 valence electrons. The highest BCUT2D eigenvalue weighted by molar-refractivity contribution is 14.1. The number of hydrogen-bond acceptors (Lipinski definition) is 2. The number of hydrogen-bond donors (Lipinski definition) is 0. The van der Waals surface area contributed by atoms with Gasteiger partial charge in [-0.3, -0.25) is 4.79 Å². The van der Waals surface area contributed by atoms with Crippen LogP contribution in [0.2, 0.25) is 0 Å². The molecule has 0 fully saturated rings. The van der Waals surface area contributed by atoms with Crippen LogP contribution in [0.15, 0.2) is 22.7 Å².